The lowest BCUT2D eigenvalue weighted by atomic mass is 9.86. The summed E-state index contributed by atoms with van der Waals surface area (Å²) >= 11 is 0. The van der Waals surface area contributed by atoms with Gasteiger partial charge in [-0.15, -0.1) is 0 Å². The molecular weight excluding hydrogens is 304 g/mol. The zero-order valence-corrected chi connectivity index (χ0v) is 14.5. The lowest BCUT2D eigenvalue weighted by Gasteiger charge is -2.29. The summed E-state index contributed by atoms with van der Waals surface area (Å²) < 4.78 is 10.4. The van der Waals surface area contributed by atoms with E-state index in [4.69, 9.17) is 9.47 Å². The summed E-state index contributed by atoms with van der Waals surface area (Å²) in [6, 6.07) is 7.42. The van der Waals surface area contributed by atoms with Gasteiger partial charge in [0.2, 0.25) is 0 Å². The smallest absolute Gasteiger partial charge is 0.262 e. The third-order valence-corrected chi connectivity index (χ3v) is 4.51. The van der Waals surface area contributed by atoms with Crippen LogP contribution < -0.4 is 14.8 Å². The minimum atomic E-state index is -0.314. The molecule has 1 amide bonds. The van der Waals surface area contributed by atoms with Crippen molar-refractivity contribution < 1.29 is 14.3 Å². The summed E-state index contributed by atoms with van der Waals surface area (Å²) in [5.41, 5.74) is 0.816. The zero-order valence-electron chi connectivity index (χ0n) is 14.5. The highest BCUT2D eigenvalue weighted by atomic mass is 16.5. The third-order valence-electron chi connectivity index (χ3n) is 4.51. The van der Waals surface area contributed by atoms with Gasteiger partial charge in [0, 0.05) is 6.04 Å². The van der Waals surface area contributed by atoms with E-state index >= 15 is 0 Å². The summed E-state index contributed by atoms with van der Waals surface area (Å²) in [6.45, 7) is 2.15. The van der Waals surface area contributed by atoms with E-state index in [0.717, 1.165) is 24.8 Å². The van der Waals surface area contributed by atoms with E-state index in [9.17, 15) is 10.1 Å². The molecule has 0 aliphatic heterocycles. The fourth-order valence-corrected chi connectivity index (χ4v) is 3.03. The fourth-order valence-electron chi connectivity index (χ4n) is 3.03. The quantitative estimate of drug-likeness (QED) is 0.665. The van der Waals surface area contributed by atoms with Crippen molar-refractivity contribution in [1.82, 2.24) is 5.32 Å². The van der Waals surface area contributed by atoms with Crippen molar-refractivity contribution in [2.24, 2.45) is 5.92 Å². The molecule has 1 aromatic carbocycles. The number of carbonyl (C=O) groups excluding carboxylic acids is 1. The first-order valence-electron chi connectivity index (χ1n) is 8.23. The van der Waals surface area contributed by atoms with Gasteiger partial charge in [-0.25, -0.2) is 0 Å². The van der Waals surface area contributed by atoms with E-state index in [0.29, 0.717) is 17.4 Å². The van der Waals surface area contributed by atoms with Gasteiger partial charge in [0.25, 0.3) is 5.91 Å². The zero-order chi connectivity index (χ0) is 17.5. The Morgan fingerprint density at radius 1 is 1.25 bits per heavy atom. The van der Waals surface area contributed by atoms with Crippen LogP contribution in [0.2, 0.25) is 0 Å². The molecular formula is C19H24N2O3. The van der Waals surface area contributed by atoms with Crippen LogP contribution in [0.5, 0.6) is 11.5 Å². The molecule has 1 aliphatic carbocycles. The van der Waals surface area contributed by atoms with Crippen molar-refractivity contribution >= 4 is 12.0 Å². The van der Waals surface area contributed by atoms with Gasteiger partial charge in [-0.3, -0.25) is 4.79 Å². The van der Waals surface area contributed by atoms with Crippen LogP contribution in [-0.2, 0) is 4.79 Å². The Balaban J connectivity index is 2.16. The molecule has 0 saturated heterocycles. The molecule has 1 aromatic rings. The molecule has 1 N–H and O–H groups in total. The Kier molecular flexibility index (Phi) is 6.25. The van der Waals surface area contributed by atoms with Crippen LogP contribution in [-0.4, -0.2) is 26.2 Å². The molecule has 2 atom stereocenters. The molecule has 128 valence electrons. The van der Waals surface area contributed by atoms with E-state index < -0.39 is 0 Å². The van der Waals surface area contributed by atoms with Gasteiger partial charge < -0.3 is 14.8 Å². The standard InChI is InChI=1S/C19H24N2O3/c1-13-6-4-5-7-16(13)21-19(22)15(12-20)10-14-8-9-17(23-2)18(11-14)24-3/h8-11,13,16H,4-7H2,1-3H3,(H,21,22)/b15-10+/t13-,16+/m1/s1. The number of hydrogen-bond donors (Lipinski definition) is 1. The molecule has 0 unspecified atom stereocenters. The van der Waals surface area contributed by atoms with Crippen molar-refractivity contribution in [2.75, 3.05) is 14.2 Å². The number of nitriles is 1. The van der Waals surface area contributed by atoms with Crippen molar-refractivity contribution in [2.45, 2.75) is 38.6 Å². The Morgan fingerprint density at radius 3 is 2.58 bits per heavy atom. The van der Waals surface area contributed by atoms with Crippen LogP contribution in [0.1, 0.15) is 38.2 Å². The Bertz CT molecular complexity index is 661. The van der Waals surface area contributed by atoms with Crippen LogP contribution in [0.15, 0.2) is 23.8 Å². The van der Waals surface area contributed by atoms with Gasteiger partial charge in [-0.05, 0) is 42.5 Å². The van der Waals surface area contributed by atoms with E-state index in [1.54, 1.807) is 38.5 Å². The number of benzene rings is 1. The lowest BCUT2D eigenvalue weighted by molar-refractivity contribution is -0.118. The minimum Gasteiger partial charge on any atom is -0.493 e. The first-order chi connectivity index (χ1) is 11.6. The van der Waals surface area contributed by atoms with Gasteiger partial charge in [0.1, 0.15) is 11.6 Å². The third kappa shape index (κ3) is 4.29. The number of amides is 1. The number of ether oxygens (including phenoxy) is 2. The predicted octanol–water partition coefficient (Wildman–Crippen LogP) is 3.31. The highest BCUT2D eigenvalue weighted by molar-refractivity contribution is 6.01. The molecule has 5 heteroatoms. The molecule has 0 heterocycles. The van der Waals surface area contributed by atoms with Crippen molar-refractivity contribution in [3.8, 4) is 17.6 Å². The van der Waals surface area contributed by atoms with Gasteiger partial charge in [0.15, 0.2) is 11.5 Å². The molecule has 24 heavy (non-hydrogen) atoms. The maximum absolute atomic E-state index is 12.4. The topological polar surface area (TPSA) is 71.3 Å². The summed E-state index contributed by atoms with van der Waals surface area (Å²) in [5.74, 6) is 1.30. The Hall–Kier alpha value is -2.48. The fraction of sp³-hybridized carbons (Fsp3) is 0.474. The number of methoxy groups -OCH3 is 2. The average molecular weight is 328 g/mol. The van der Waals surface area contributed by atoms with Crippen LogP contribution in [0.4, 0.5) is 0 Å². The van der Waals surface area contributed by atoms with Crippen LogP contribution in [0.3, 0.4) is 0 Å². The van der Waals surface area contributed by atoms with E-state index in [2.05, 4.69) is 12.2 Å². The van der Waals surface area contributed by atoms with Gasteiger partial charge in [-0.2, -0.15) is 5.26 Å². The number of hydrogen-bond acceptors (Lipinski definition) is 4. The number of rotatable bonds is 5. The SMILES string of the molecule is COc1ccc(/C=C(\C#N)C(=O)N[C@H]2CCCC[C@H]2C)cc1OC. The van der Waals surface area contributed by atoms with Crippen molar-refractivity contribution in [3.63, 3.8) is 0 Å². The van der Waals surface area contributed by atoms with Gasteiger partial charge in [0.05, 0.1) is 14.2 Å². The molecule has 0 radical (unpaired) electrons. The highest BCUT2D eigenvalue weighted by Crippen LogP contribution is 2.28. The van der Waals surface area contributed by atoms with Crippen molar-refractivity contribution in [1.29, 1.82) is 5.26 Å². The molecule has 1 fully saturated rings. The first-order valence-corrected chi connectivity index (χ1v) is 8.23. The second-order valence-corrected chi connectivity index (χ2v) is 6.13. The van der Waals surface area contributed by atoms with Crippen molar-refractivity contribution in [3.05, 3.63) is 29.3 Å². The molecule has 5 nitrogen and oxygen atoms in total. The number of carbonyl (C=O) groups is 1. The predicted molar refractivity (Wildman–Crippen MR) is 92.7 cm³/mol. The van der Waals surface area contributed by atoms with Gasteiger partial charge in [-0.1, -0.05) is 25.8 Å². The summed E-state index contributed by atoms with van der Waals surface area (Å²) in [6.07, 6.45) is 6.00. The largest absolute Gasteiger partial charge is 0.493 e. The monoisotopic (exact) mass is 328 g/mol. The van der Waals surface area contributed by atoms with Crippen LogP contribution in [0, 0.1) is 17.2 Å². The molecule has 0 bridgehead atoms. The molecule has 1 aliphatic rings. The van der Waals surface area contributed by atoms with E-state index in [1.807, 2.05) is 6.07 Å². The maximum atomic E-state index is 12.4. The minimum absolute atomic E-state index is 0.0972. The Morgan fingerprint density at radius 2 is 1.96 bits per heavy atom. The second kappa shape index (κ2) is 8.39. The van der Waals surface area contributed by atoms with Gasteiger partial charge >= 0.3 is 0 Å². The van der Waals surface area contributed by atoms with E-state index in [1.165, 1.54) is 6.42 Å². The van der Waals surface area contributed by atoms with Crippen LogP contribution in [0.25, 0.3) is 6.08 Å². The first kappa shape index (κ1) is 17.9. The van der Waals surface area contributed by atoms with E-state index in [-0.39, 0.29) is 17.5 Å². The summed E-state index contributed by atoms with van der Waals surface area (Å²) in [5, 5.41) is 12.4. The van der Waals surface area contributed by atoms with Crippen LogP contribution >= 0.6 is 0 Å². The summed E-state index contributed by atoms with van der Waals surface area (Å²) in [7, 11) is 3.11. The highest BCUT2D eigenvalue weighted by Gasteiger charge is 2.24. The molecule has 0 aromatic heterocycles. The second-order valence-electron chi connectivity index (χ2n) is 6.13. The molecule has 0 spiro atoms. The normalized spacial score (nSPS) is 20.8. The maximum Gasteiger partial charge on any atom is 0.262 e. The number of nitrogens with one attached hydrogen (secondary N) is 1. The average Bonchev–Trinajstić information content (AvgIpc) is 2.61. The lowest BCUT2D eigenvalue weighted by Crippen LogP contribution is -2.41. The molecule has 2 rings (SSSR count). The molecule has 1 saturated carbocycles. The Labute approximate surface area is 143 Å². The summed E-state index contributed by atoms with van der Waals surface area (Å²) in [4.78, 5) is 12.4. The number of nitrogens with zero attached hydrogens (tertiary/aromatic N) is 1.